The van der Waals surface area contributed by atoms with Crippen molar-refractivity contribution in [2.45, 2.75) is 19.4 Å². The molecular weight excluding hydrogens is 235 g/mol. The van der Waals surface area contributed by atoms with Gasteiger partial charge in [0.2, 0.25) is 0 Å². The average Bonchev–Trinajstić information content (AvgIpc) is 2.77. The molecule has 0 bridgehead atoms. The fraction of sp³-hybridized carbons (Fsp3) is 0.231. The molecule has 2 nitrogen and oxygen atoms in total. The summed E-state index contributed by atoms with van der Waals surface area (Å²) < 4.78 is 13.2. The van der Waals surface area contributed by atoms with Crippen LogP contribution in [-0.4, -0.2) is 0 Å². The van der Waals surface area contributed by atoms with Crippen molar-refractivity contribution in [1.29, 1.82) is 0 Å². The second-order valence-electron chi connectivity index (χ2n) is 3.89. The lowest BCUT2D eigenvalue weighted by molar-refractivity contribution is 0.628. The summed E-state index contributed by atoms with van der Waals surface area (Å²) in [6.45, 7) is 2.10. The molecule has 17 heavy (non-hydrogen) atoms. The number of hydrogen-bond acceptors (Lipinski definition) is 3. The van der Waals surface area contributed by atoms with E-state index in [4.69, 9.17) is 5.73 Å². The van der Waals surface area contributed by atoms with Gasteiger partial charge < -0.3 is 11.1 Å². The van der Waals surface area contributed by atoms with E-state index in [0.29, 0.717) is 5.69 Å². The molecule has 4 heteroatoms. The van der Waals surface area contributed by atoms with E-state index in [-0.39, 0.29) is 11.9 Å². The number of nitrogens with two attached hydrogens (primary N) is 1. The number of nitrogens with one attached hydrogen (secondary N) is 1. The fourth-order valence-corrected chi connectivity index (χ4v) is 2.62. The van der Waals surface area contributed by atoms with Crippen molar-refractivity contribution in [1.82, 2.24) is 0 Å². The van der Waals surface area contributed by atoms with Crippen LogP contribution in [0.3, 0.4) is 0 Å². The van der Waals surface area contributed by atoms with Gasteiger partial charge in [-0.25, -0.2) is 4.39 Å². The lowest BCUT2D eigenvalue weighted by Gasteiger charge is -2.17. The minimum absolute atomic E-state index is 0.205. The van der Waals surface area contributed by atoms with Crippen LogP contribution in [0.2, 0.25) is 0 Å². The van der Waals surface area contributed by atoms with E-state index < -0.39 is 0 Å². The Hall–Kier alpha value is -1.55. The Morgan fingerprint density at radius 3 is 2.82 bits per heavy atom. The SMILES string of the molecule is CCC(Nc1cc(N)cc(F)c1)c1cccs1. The number of rotatable bonds is 4. The molecule has 1 unspecified atom stereocenters. The fourth-order valence-electron chi connectivity index (χ4n) is 1.76. The van der Waals surface area contributed by atoms with E-state index in [9.17, 15) is 4.39 Å². The molecule has 1 aromatic heterocycles. The third-order valence-corrected chi connectivity index (χ3v) is 3.54. The van der Waals surface area contributed by atoms with Gasteiger partial charge in [0.25, 0.3) is 0 Å². The molecule has 0 saturated carbocycles. The summed E-state index contributed by atoms with van der Waals surface area (Å²) in [5, 5.41) is 5.34. The van der Waals surface area contributed by atoms with E-state index in [1.54, 1.807) is 17.4 Å². The Bertz CT molecular complexity index is 462. The van der Waals surface area contributed by atoms with Gasteiger partial charge in [-0.1, -0.05) is 13.0 Å². The van der Waals surface area contributed by atoms with E-state index in [0.717, 1.165) is 12.1 Å². The predicted octanol–water partition coefficient (Wildman–Crippen LogP) is 4.03. The summed E-state index contributed by atoms with van der Waals surface area (Å²) in [6, 6.07) is 8.83. The lowest BCUT2D eigenvalue weighted by atomic mass is 10.1. The minimum atomic E-state index is -0.312. The molecule has 3 N–H and O–H groups in total. The average molecular weight is 250 g/mol. The molecule has 0 aliphatic carbocycles. The first kappa shape index (κ1) is 11.9. The van der Waals surface area contributed by atoms with Gasteiger partial charge in [-0.2, -0.15) is 0 Å². The second kappa shape index (κ2) is 5.19. The largest absolute Gasteiger partial charge is 0.399 e. The maximum absolute atomic E-state index is 13.2. The van der Waals surface area contributed by atoms with E-state index in [1.807, 2.05) is 11.4 Å². The highest BCUT2D eigenvalue weighted by atomic mass is 32.1. The van der Waals surface area contributed by atoms with Crippen LogP contribution in [0.5, 0.6) is 0 Å². The maximum Gasteiger partial charge on any atom is 0.127 e. The first-order chi connectivity index (χ1) is 8.19. The Morgan fingerprint density at radius 1 is 1.41 bits per heavy atom. The molecule has 0 spiro atoms. The second-order valence-corrected chi connectivity index (χ2v) is 4.87. The Labute approximate surface area is 104 Å². The van der Waals surface area contributed by atoms with Crippen LogP contribution in [0.25, 0.3) is 0 Å². The molecular formula is C13H15FN2S. The Kier molecular flexibility index (Phi) is 3.64. The molecule has 90 valence electrons. The zero-order chi connectivity index (χ0) is 12.3. The van der Waals surface area contributed by atoms with E-state index in [2.05, 4.69) is 18.3 Å². The summed E-state index contributed by atoms with van der Waals surface area (Å²) >= 11 is 1.70. The van der Waals surface area contributed by atoms with Gasteiger partial charge in [0.15, 0.2) is 0 Å². The number of hydrogen-bond donors (Lipinski definition) is 2. The molecule has 2 aromatic rings. The summed E-state index contributed by atoms with van der Waals surface area (Å²) in [5.74, 6) is -0.312. The van der Waals surface area contributed by atoms with Crippen LogP contribution in [0.4, 0.5) is 15.8 Å². The highest BCUT2D eigenvalue weighted by molar-refractivity contribution is 7.10. The van der Waals surface area contributed by atoms with Crippen LogP contribution in [0, 0.1) is 5.82 Å². The smallest absolute Gasteiger partial charge is 0.127 e. The summed E-state index contributed by atoms with van der Waals surface area (Å²) in [5.41, 5.74) is 6.78. The molecule has 1 atom stereocenters. The Balaban J connectivity index is 2.18. The van der Waals surface area contributed by atoms with Crippen LogP contribution in [0.1, 0.15) is 24.3 Å². The highest BCUT2D eigenvalue weighted by Gasteiger charge is 2.10. The van der Waals surface area contributed by atoms with Crippen molar-refractivity contribution >= 4 is 22.7 Å². The van der Waals surface area contributed by atoms with Crippen molar-refractivity contribution in [2.24, 2.45) is 0 Å². The quantitative estimate of drug-likeness (QED) is 0.804. The number of anilines is 2. The van der Waals surface area contributed by atoms with Crippen molar-refractivity contribution in [3.8, 4) is 0 Å². The summed E-state index contributed by atoms with van der Waals surface area (Å²) in [6.07, 6.45) is 0.941. The summed E-state index contributed by atoms with van der Waals surface area (Å²) in [4.78, 5) is 1.25. The molecule has 0 aliphatic rings. The number of nitrogen functional groups attached to an aromatic ring is 1. The van der Waals surface area contributed by atoms with Crippen molar-refractivity contribution < 1.29 is 4.39 Å². The predicted molar refractivity (Wildman–Crippen MR) is 71.8 cm³/mol. The third-order valence-electron chi connectivity index (χ3n) is 2.56. The molecule has 1 heterocycles. The molecule has 1 aromatic carbocycles. The van der Waals surface area contributed by atoms with Gasteiger partial charge in [0.1, 0.15) is 5.82 Å². The van der Waals surface area contributed by atoms with Crippen LogP contribution < -0.4 is 11.1 Å². The Morgan fingerprint density at radius 2 is 2.24 bits per heavy atom. The first-order valence-corrected chi connectivity index (χ1v) is 6.43. The van der Waals surface area contributed by atoms with E-state index >= 15 is 0 Å². The van der Waals surface area contributed by atoms with Crippen LogP contribution in [-0.2, 0) is 0 Å². The molecule has 0 radical (unpaired) electrons. The monoisotopic (exact) mass is 250 g/mol. The van der Waals surface area contributed by atoms with Gasteiger partial charge in [-0.15, -0.1) is 11.3 Å². The zero-order valence-corrected chi connectivity index (χ0v) is 10.4. The van der Waals surface area contributed by atoms with Gasteiger partial charge in [-0.05, 0) is 36.1 Å². The maximum atomic E-state index is 13.2. The van der Waals surface area contributed by atoms with Gasteiger partial charge in [0, 0.05) is 16.3 Å². The summed E-state index contributed by atoms with van der Waals surface area (Å²) in [7, 11) is 0. The van der Waals surface area contributed by atoms with Crippen LogP contribution >= 0.6 is 11.3 Å². The minimum Gasteiger partial charge on any atom is -0.399 e. The number of halogens is 1. The first-order valence-electron chi connectivity index (χ1n) is 5.55. The van der Waals surface area contributed by atoms with Crippen molar-refractivity contribution in [2.75, 3.05) is 11.1 Å². The van der Waals surface area contributed by atoms with E-state index in [1.165, 1.54) is 17.0 Å². The van der Waals surface area contributed by atoms with Gasteiger partial charge in [0.05, 0.1) is 6.04 Å². The topological polar surface area (TPSA) is 38.0 Å². The van der Waals surface area contributed by atoms with Gasteiger partial charge in [-0.3, -0.25) is 0 Å². The van der Waals surface area contributed by atoms with Crippen LogP contribution in [0.15, 0.2) is 35.7 Å². The molecule has 0 fully saturated rings. The zero-order valence-electron chi connectivity index (χ0n) is 9.61. The molecule has 0 aliphatic heterocycles. The molecule has 2 rings (SSSR count). The number of thiophene rings is 1. The standard InChI is InChI=1S/C13H15FN2S/c1-2-12(13-4-3-5-17-13)16-11-7-9(14)6-10(15)8-11/h3-8,12,16H,2,15H2,1H3. The highest BCUT2D eigenvalue weighted by Crippen LogP contribution is 2.27. The van der Waals surface area contributed by atoms with Gasteiger partial charge >= 0.3 is 0 Å². The molecule has 0 amide bonds. The third kappa shape index (κ3) is 2.97. The normalized spacial score (nSPS) is 12.4. The molecule has 0 saturated heterocycles. The number of benzene rings is 1. The van der Waals surface area contributed by atoms with Crippen molar-refractivity contribution in [3.05, 3.63) is 46.4 Å². The van der Waals surface area contributed by atoms with Crippen molar-refractivity contribution in [3.63, 3.8) is 0 Å². The lowest BCUT2D eigenvalue weighted by Crippen LogP contribution is -2.08.